The van der Waals surface area contributed by atoms with Crippen molar-refractivity contribution in [3.8, 4) is 0 Å². The summed E-state index contributed by atoms with van der Waals surface area (Å²) in [5.41, 5.74) is 2.59. The normalized spacial score (nSPS) is 11.0. The molecule has 0 bridgehead atoms. The molecule has 0 saturated carbocycles. The summed E-state index contributed by atoms with van der Waals surface area (Å²) in [4.78, 5) is 19.6. The molecule has 0 aliphatic carbocycles. The fraction of sp³-hybridized carbons (Fsp3) is 0.133. The van der Waals surface area contributed by atoms with Gasteiger partial charge in [-0.15, -0.1) is 11.3 Å². The quantitative estimate of drug-likeness (QED) is 0.794. The molecule has 2 heterocycles. The smallest absolute Gasteiger partial charge is 0.354 e. The first-order chi connectivity index (χ1) is 10.0. The lowest BCUT2D eigenvalue weighted by Gasteiger charge is -2.04. The minimum Gasteiger partial charge on any atom is -0.477 e. The van der Waals surface area contributed by atoms with E-state index in [4.69, 9.17) is 16.7 Å². The number of aryl methyl sites for hydroxylation is 1. The Kier molecular flexibility index (Phi) is 3.61. The highest BCUT2D eigenvalue weighted by Gasteiger charge is 2.11. The molecule has 2 aromatic heterocycles. The van der Waals surface area contributed by atoms with Crippen molar-refractivity contribution < 1.29 is 9.90 Å². The fourth-order valence-corrected chi connectivity index (χ4v) is 3.42. The number of carbonyl (C=O) groups is 1. The lowest BCUT2D eigenvalue weighted by Crippen LogP contribution is -2.03. The van der Waals surface area contributed by atoms with Crippen molar-refractivity contribution in [2.24, 2.45) is 0 Å². The summed E-state index contributed by atoms with van der Waals surface area (Å²) in [6, 6.07) is 8.73. The molecular weight excluding hydrogens is 308 g/mol. The fourth-order valence-electron chi connectivity index (χ4n) is 2.20. The second-order valence-electron chi connectivity index (χ2n) is 4.64. The van der Waals surface area contributed by atoms with Gasteiger partial charge in [0.2, 0.25) is 0 Å². The number of nitrogens with zero attached hydrogens (tertiary/aromatic N) is 2. The van der Waals surface area contributed by atoms with Crippen LogP contribution >= 0.6 is 22.9 Å². The monoisotopic (exact) mass is 318 g/mol. The van der Waals surface area contributed by atoms with Crippen LogP contribution < -0.4 is 0 Å². The highest BCUT2D eigenvalue weighted by Crippen LogP contribution is 2.29. The molecule has 0 unspecified atom stereocenters. The zero-order valence-corrected chi connectivity index (χ0v) is 12.7. The summed E-state index contributed by atoms with van der Waals surface area (Å²) in [5.74, 6) is -1.03. The van der Waals surface area contributed by atoms with Gasteiger partial charge >= 0.3 is 5.97 Å². The average Bonchev–Trinajstić information content (AvgIpc) is 2.79. The molecular formula is C15H11ClN2O2S. The van der Waals surface area contributed by atoms with Gasteiger partial charge in [0.15, 0.2) is 0 Å². The van der Waals surface area contributed by atoms with E-state index in [1.165, 1.54) is 6.07 Å². The number of pyridine rings is 1. The molecule has 0 aliphatic heterocycles. The first-order valence-electron chi connectivity index (χ1n) is 6.28. The Bertz CT molecular complexity index is 845. The number of hydrogen-bond donors (Lipinski definition) is 1. The molecule has 3 aromatic rings. The summed E-state index contributed by atoms with van der Waals surface area (Å²) >= 11 is 7.73. The number of aromatic carboxylic acids is 1. The maximum Gasteiger partial charge on any atom is 0.354 e. The topological polar surface area (TPSA) is 63.1 Å². The van der Waals surface area contributed by atoms with Crippen molar-refractivity contribution in [3.05, 3.63) is 57.3 Å². The van der Waals surface area contributed by atoms with E-state index in [0.717, 1.165) is 20.8 Å². The van der Waals surface area contributed by atoms with Crippen molar-refractivity contribution >= 4 is 39.1 Å². The van der Waals surface area contributed by atoms with Crippen LogP contribution in [-0.2, 0) is 6.42 Å². The van der Waals surface area contributed by atoms with Crippen molar-refractivity contribution in [2.75, 3.05) is 0 Å². The number of halogens is 1. The van der Waals surface area contributed by atoms with Crippen LogP contribution in [0.4, 0.5) is 0 Å². The number of rotatable bonds is 3. The van der Waals surface area contributed by atoms with E-state index in [0.29, 0.717) is 17.1 Å². The Morgan fingerprint density at radius 3 is 2.90 bits per heavy atom. The van der Waals surface area contributed by atoms with Gasteiger partial charge in [0.25, 0.3) is 0 Å². The SMILES string of the molecule is Cc1nc2c(Cc3cccc(C(=O)O)n3)cc(Cl)cc2s1. The van der Waals surface area contributed by atoms with Crippen LogP contribution in [-0.4, -0.2) is 21.0 Å². The molecule has 0 saturated heterocycles. The molecule has 0 radical (unpaired) electrons. The number of hydrogen-bond acceptors (Lipinski definition) is 4. The van der Waals surface area contributed by atoms with E-state index in [1.807, 2.05) is 19.1 Å². The van der Waals surface area contributed by atoms with Crippen LogP contribution in [0.15, 0.2) is 30.3 Å². The van der Waals surface area contributed by atoms with Crippen molar-refractivity contribution in [1.29, 1.82) is 0 Å². The highest BCUT2D eigenvalue weighted by atomic mass is 35.5. The van der Waals surface area contributed by atoms with Crippen LogP contribution in [0.5, 0.6) is 0 Å². The number of benzene rings is 1. The molecule has 3 rings (SSSR count). The lowest BCUT2D eigenvalue weighted by molar-refractivity contribution is 0.0690. The minimum atomic E-state index is -1.03. The number of fused-ring (bicyclic) bond motifs is 1. The summed E-state index contributed by atoms with van der Waals surface area (Å²) in [6.07, 6.45) is 0.501. The van der Waals surface area contributed by atoms with E-state index >= 15 is 0 Å². The van der Waals surface area contributed by atoms with E-state index in [1.54, 1.807) is 23.5 Å². The van der Waals surface area contributed by atoms with E-state index in [2.05, 4.69) is 9.97 Å². The van der Waals surface area contributed by atoms with Crippen molar-refractivity contribution in [1.82, 2.24) is 9.97 Å². The van der Waals surface area contributed by atoms with Gasteiger partial charge in [-0.05, 0) is 36.8 Å². The summed E-state index contributed by atoms with van der Waals surface area (Å²) in [6.45, 7) is 1.95. The van der Waals surface area contributed by atoms with Crippen LogP contribution in [0.25, 0.3) is 10.2 Å². The number of aromatic nitrogens is 2. The molecule has 1 N–H and O–H groups in total. The first-order valence-corrected chi connectivity index (χ1v) is 7.47. The highest BCUT2D eigenvalue weighted by molar-refractivity contribution is 7.18. The van der Waals surface area contributed by atoms with Crippen molar-refractivity contribution in [2.45, 2.75) is 13.3 Å². The Labute approximate surface area is 130 Å². The molecule has 4 nitrogen and oxygen atoms in total. The lowest BCUT2D eigenvalue weighted by atomic mass is 10.1. The standard InChI is InChI=1S/C15H11ClN2O2S/c1-8-17-14-9(5-10(16)7-13(14)21-8)6-11-3-2-4-12(18-11)15(19)20/h2-5,7H,6H2,1H3,(H,19,20). The molecule has 21 heavy (non-hydrogen) atoms. The second-order valence-corrected chi connectivity index (χ2v) is 6.31. The first kappa shape index (κ1) is 14.0. The van der Waals surface area contributed by atoms with E-state index < -0.39 is 5.97 Å². The van der Waals surface area contributed by atoms with Gasteiger partial charge in [-0.25, -0.2) is 14.8 Å². The number of carboxylic acid groups (broad SMARTS) is 1. The predicted molar refractivity (Wildman–Crippen MR) is 83.4 cm³/mol. The van der Waals surface area contributed by atoms with E-state index in [9.17, 15) is 4.79 Å². The summed E-state index contributed by atoms with van der Waals surface area (Å²) < 4.78 is 1.03. The Hall–Kier alpha value is -1.98. The molecule has 0 fully saturated rings. The summed E-state index contributed by atoms with van der Waals surface area (Å²) in [7, 11) is 0. The molecule has 0 atom stereocenters. The molecule has 106 valence electrons. The van der Waals surface area contributed by atoms with Gasteiger partial charge in [-0.1, -0.05) is 17.7 Å². The van der Waals surface area contributed by atoms with Gasteiger partial charge in [0.05, 0.1) is 15.2 Å². The number of carboxylic acids is 1. The Morgan fingerprint density at radius 1 is 1.33 bits per heavy atom. The Balaban J connectivity index is 2.05. The molecule has 0 amide bonds. The largest absolute Gasteiger partial charge is 0.477 e. The molecule has 0 aliphatic rings. The third-order valence-corrected chi connectivity index (χ3v) is 4.18. The van der Waals surface area contributed by atoms with Crippen LogP contribution in [0, 0.1) is 6.92 Å². The van der Waals surface area contributed by atoms with E-state index in [-0.39, 0.29) is 5.69 Å². The maximum atomic E-state index is 11.0. The Morgan fingerprint density at radius 2 is 2.14 bits per heavy atom. The minimum absolute atomic E-state index is 0.0419. The third-order valence-electron chi connectivity index (χ3n) is 3.04. The zero-order valence-electron chi connectivity index (χ0n) is 11.1. The molecule has 1 aromatic carbocycles. The van der Waals surface area contributed by atoms with Crippen molar-refractivity contribution in [3.63, 3.8) is 0 Å². The molecule has 0 spiro atoms. The van der Waals surface area contributed by atoms with Gasteiger partial charge in [0, 0.05) is 17.1 Å². The summed E-state index contributed by atoms with van der Waals surface area (Å²) in [5, 5.41) is 10.6. The van der Waals surface area contributed by atoms with Gasteiger partial charge in [0.1, 0.15) is 5.69 Å². The number of thiazole rings is 1. The third kappa shape index (κ3) is 2.89. The van der Waals surface area contributed by atoms with Crippen LogP contribution in [0.2, 0.25) is 5.02 Å². The molecule has 6 heteroatoms. The van der Waals surface area contributed by atoms with Crippen LogP contribution in [0.1, 0.15) is 26.8 Å². The second kappa shape index (κ2) is 5.42. The van der Waals surface area contributed by atoms with Gasteiger partial charge in [-0.3, -0.25) is 0 Å². The predicted octanol–water partition coefficient (Wildman–Crippen LogP) is 3.94. The average molecular weight is 319 g/mol. The van der Waals surface area contributed by atoms with Gasteiger partial charge < -0.3 is 5.11 Å². The zero-order chi connectivity index (χ0) is 15.0. The van der Waals surface area contributed by atoms with Gasteiger partial charge in [-0.2, -0.15) is 0 Å². The maximum absolute atomic E-state index is 11.0. The van der Waals surface area contributed by atoms with Crippen LogP contribution in [0.3, 0.4) is 0 Å².